The molecule has 0 N–H and O–H groups in total. The number of benzene rings is 2. The van der Waals surface area contributed by atoms with E-state index < -0.39 is 0 Å². The molecule has 4 aromatic rings. The molecule has 2 aromatic heterocycles. The first kappa shape index (κ1) is 19.9. The van der Waals surface area contributed by atoms with Gasteiger partial charge in [0.2, 0.25) is 0 Å². The van der Waals surface area contributed by atoms with Crippen molar-refractivity contribution in [2.45, 2.75) is 20.0 Å². The smallest absolute Gasteiger partial charge is 0.119 e. The fourth-order valence-corrected chi connectivity index (χ4v) is 3.57. The molecular weight excluding hydrogens is 372 g/mol. The molecule has 0 unspecified atom stereocenters. The van der Waals surface area contributed by atoms with Crippen LogP contribution in [0.3, 0.4) is 0 Å². The molecule has 0 aliphatic rings. The Labute approximate surface area is 177 Å². The van der Waals surface area contributed by atoms with Crippen LogP contribution in [0.25, 0.3) is 16.9 Å². The van der Waals surface area contributed by atoms with Crippen molar-refractivity contribution in [1.29, 1.82) is 0 Å². The third kappa shape index (κ3) is 4.42. The predicted molar refractivity (Wildman–Crippen MR) is 120 cm³/mol. The lowest BCUT2D eigenvalue weighted by molar-refractivity contribution is 0.318. The number of methoxy groups -OCH3 is 1. The molecule has 0 atom stereocenters. The second-order valence-electron chi connectivity index (χ2n) is 7.49. The maximum atomic E-state index is 5.43. The van der Waals surface area contributed by atoms with Gasteiger partial charge in [0.25, 0.3) is 0 Å². The highest BCUT2D eigenvalue weighted by molar-refractivity contribution is 5.65. The number of nitrogens with zero attached hydrogens (tertiary/aromatic N) is 4. The number of aromatic nitrogens is 3. The SMILES string of the molecule is COc1cccc(-c2nn(-c3ccccc3)cc2CN(C)Cc2ccncc2C)c1. The van der Waals surface area contributed by atoms with E-state index in [0.29, 0.717) is 0 Å². The molecule has 0 aliphatic carbocycles. The van der Waals surface area contributed by atoms with Gasteiger partial charge >= 0.3 is 0 Å². The molecule has 2 heterocycles. The molecule has 0 fully saturated rings. The number of para-hydroxylation sites is 1. The highest BCUT2D eigenvalue weighted by Gasteiger charge is 2.15. The van der Waals surface area contributed by atoms with Crippen molar-refractivity contribution in [3.8, 4) is 22.7 Å². The average molecular weight is 399 g/mol. The number of aryl methyl sites for hydroxylation is 1. The number of rotatable bonds is 7. The average Bonchev–Trinajstić information content (AvgIpc) is 3.19. The van der Waals surface area contributed by atoms with E-state index in [2.05, 4.69) is 54.3 Å². The largest absolute Gasteiger partial charge is 0.497 e. The molecule has 0 bridgehead atoms. The van der Waals surface area contributed by atoms with E-state index in [9.17, 15) is 0 Å². The van der Waals surface area contributed by atoms with E-state index >= 15 is 0 Å². The molecule has 152 valence electrons. The molecule has 5 nitrogen and oxygen atoms in total. The zero-order valence-corrected chi connectivity index (χ0v) is 17.6. The van der Waals surface area contributed by atoms with Gasteiger partial charge in [-0.05, 0) is 55.4 Å². The molecule has 2 aromatic carbocycles. The van der Waals surface area contributed by atoms with E-state index in [1.165, 1.54) is 16.7 Å². The lowest BCUT2D eigenvalue weighted by Crippen LogP contribution is -2.18. The predicted octanol–water partition coefficient (Wildman–Crippen LogP) is 4.88. The first-order chi connectivity index (χ1) is 14.6. The summed E-state index contributed by atoms with van der Waals surface area (Å²) < 4.78 is 7.38. The van der Waals surface area contributed by atoms with Crippen LogP contribution in [0.5, 0.6) is 5.75 Å². The fraction of sp³-hybridized carbons (Fsp3) is 0.200. The molecule has 0 aliphatic heterocycles. The summed E-state index contributed by atoms with van der Waals surface area (Å²) in [7, 11) is 3.82. The van der Waals surface area contributed by atoms with Crippen LogP contribution < -0.4 is 4.74 Å². The van der Waals surface area contributed by atoms with Crippen molar-refractivity contribution in [2.24, 2.45) is 0 Å². The van der Waals surface area contributed by atoms with Gasteiger partial charge in [-0.15, -0.1) is 0 Å². The van der Waals surface area contributed by atoms with Crippen molar-refractivity contribution >= 4 is 0 Å². The number of ether oxygens (including phenoxy) is 1. The molecule has 30 heavy (non-hydrogen) atoms. The van der Waals surface area contributed by atoms with Crippen LogP contribution in [0, 0.1) is 6.92 Å². The summed E-state index contributed by atoms with van der Waals surface area (Å²) in [6.45, 7) is 3.73. The molecule has 0 radical (unpaired) electrons. The Morgan fingerprint density at radius 1 is 0.967 bits per heavy atom. The summed E-state index contributed by atoms with van der Waals surface area (Å²) in [5.41, 5.74) is 6.72. The summed E-state index contributed by atoms with van der Waals surface area (Å²) in [6, 6.07) is 20.4. The van der Waals surface area contributed by atoms with Crippen molar-refractivity contribution in [2.75, 3.05) is 14.2 Å². The van der Waals surface area contributed by atoms with Gasteiger partial charge < -0.3 is 4.74 Å². The van der Waals surface area contributed by atoms with Gasteiger partial charge in [0.1, 0.15) is 5.75 Å². The Kier molecular flexibility index (Phi) is 5.91. The Morgan fingerprint density at radius 3 is 2.53 bits per heavy atom. The number of hydrogen-bond acceptors (Lipinski definition) is 4. The minimum atomic E-state index is 0.779. The highest BCUT2D eigenvalue weighted by Crippen LogP contribution is 2.28. The molecule has 0 saturated carbocycles. The summed E-state index contributed by atoms with van der Waals surface area (Å²) in [6.07, 6.45) is 5.89. The van der Waals surface area contributed by atoms with Crippen LogP contribution in [0.15, 0.2) is 79.3 Å². The number of hydrogen-bond donors (Lipinski definition) is 0. The highest BCUT2D eigenvalue weighted by atomic mass is 16.5. The van der Waals surface area contributed by atoms with Crippen LogP contribution in [0.2, 0.25) is 0 Å². The van der Waals surface area contributed by atoms with Gasteiger partial charge in [-0.25, -0.2) is 4.68 Å². The monoisotopic (exact) mass is 398 g/mol. The van der Waals surface area contributed by atoms with E-state index in [1.807, 2.05) is 53.5 Å². The summed E-state index contributed by atoms with van der Waals surface area (Å²) >= 11 is 0. The summed E-state index contributed by atoms with van der Waals surface area (Å²) in [5.74, 6) is 0.827. The van der Waals surface area contributed by atoms with Crippen molar-refractivity contribution in [3.63, 3.8) is 0 Å². The molecule has 0 amide bonds. The first-order valence-corrected chi connectivity index (χ1v) is 10.0. The summed E-state index contributed by atoms with van der Waals surface area (Å²) in [5, 5.41) is 4.93. The van der Waals surface area contributed by atoms with Gasteiger partial charge in [0, 0.05) is 42.8 Å². The minimum Gasteiger partial charge on any atom is -0.497 e. The van der Waals surface area contributed by atoms with Crippen molar-refractivity contribution in [3.05, 3.63) is 95.9 Å². The summed E-state index contributed by atoms with van der Waals surface area (Å²) in [4.78, 5) is 6.50. The topological polar surface area (TPSA) is 43.2 Å². The minimum absolute atomic E-state index is 0.779. The second kappa shape index (κ2) is 8.93. The van der Waals surface area contributed by atoms with E-state index in [-0.39, 0.29) is 0 Å². The van der Waals surface area contributed by atoms with Crippen LogP contribution in [0.4, 0.5) is 0 Å². The van der Waals surface area contributed by atoms with Crippen molar-refractivity contribution < 1.29 is 4.74 Å². The van der Waals surface area contributed by atoms with Gasteiger partial charge in [0.15, 0.2) is 0 Å². The molecule has 0 saturated heterocycles. The molecule has 5 heteroatoms. The Morgan fingerprint density at radius 2 is 1.77 bits per heavy atom. The van der Waals surface area contributed by atoms with E-state index in [1.54, 1.807) is 7.11 Å². The van der Waals surface area contributed by atoms with Crippen LogP contribution in [0.1, 0.15) is 16.7 Å². The van der Waals surface area contributed by atoms with E-state index in [0.717, 1.165) is 35.8 Å². The normalized spacial score (nSPS) is 11.1. The number of pyridine rings is 1. The van der Waals surface area contributed by atoms with Crippen LogP contribution in [-0.2, 0) is 13.1 Å². The molecule has 0 spiro atoms. The molecule has 4 rings (SSSR count). The lowest BCUT2D eigenvalue weighted by Gasteiger charge is -2.18. The third-order valence-electron chi connectivity index (χ3n) is 5.17. The zero-order valence-electron chi connectivity index (χ0n) is 17.6. The Balaban J connectivity index is 1.68. The first-order valence-electron chi connectivity index (χ1n) is 10.0. The van der Waals surface area contributed by atoms with Crippen LogP contribution in [-0.4, -0.2) is 33.8 Å². The Bertz CT molecular complexity index is 1120. The molecular formula is C25H26N4O. The van der Waals surface area contributed by atoms with Crippen molar-refractivity contribution in [1.82, 2.24) is 19.7 Å². The lowest BCUT2D eigenvalue weighted by atomic mass is 10.1. The van der Waals surface area contributed by atoms with E-state index in [4.69, 9.17) is 9.84 Å². The third-order valence-corrected chi connectivity index (χ3v) is 5.17. The van der Waals surface area contributed by atoms with Gasteiger partial charge in [-0.2, -0.15) is 5.10 Å². The maximum absolute atomic E-state index is 5.43. The zero-order chi connectivity index (χ0) is 20.9. The fourth-order valence-electron chi connectivity index (χ4n) is 3.57. The Hall–Kier alpha value is -3.44. The standard InChI is InChI=1S/C25H26N4O/c1-19-15-26-13-12-21(19)16-28(2)17-22-18-29(23-9-5-4-6-10-23)27-25(22)20-8-7-11-24(14-20)30-3/h4-15,18H,16-17H2,1-3H3. The van der Waals surface area contributed by atoms with Crippen LogP contribution >= 0.6 is 0 Å². The van der Waals surface area contributed by atoms with Gasteiger partial charge in [0.05, 0.1) is 18.5 Å². The second-order valence-corrected chi connectivity index (χ2v) is 7.49. The quantitative estimate of drug-likeness (QED) is 0.445. The van der Waals surface area contributed by atoms with Gasteiger partial charge in [-0.3, -0.25) is 9.88 Å². The van der Waals surface area contributed by atoms with Gasteiger partial charge in [-0.1, -0.05) is 30.3 Å². The maximum Gasteiger partial charge on any atom is 0.119 e.